The van der Waals surface area contributed by atoms with Gasteiger partial charge < -0.3 is 20.1 Å². The van der Waals surface area contributed by atoms with E-state index in [1.54, 1.807) is 0 Å². The van der Waals surface area contributed by atoms with E-state index in [4.69, 9.17) is 10.3 Å². The van der Waals surface area contributed by atoms with Crippen LogP contribution in [0, 0.1) is 5.41 Å². The lowest BCUT2D eigenvalue weighted by atomic mass is 9.80. The lowest BCUT2D eigenvalue weighted by Gasteiger charge is -2.45. The molecule has 1 rings (SSSR count). The fourth-order valence-corrected chi connectivity index (χ4v) is 2.02. The van der Waals surface area contributed by atoms with Crippen LogP contribution in [0.25, 0.3) is 10.4 Å². The topological polar surface area (TPSA) is 119 Å². The molecule has 0 spiro atoms. The van der Waals surface area contributed by atoms with Crippen LogP contribution in [0.4, 0.5) is 0 Å². The molecular formula is C10H19N3O4. The molecule has 1 heterocycles. The second-order valence-electron chi connectivity index (χ2n) is 5.32. The first-order valence-corrected chi connectivity index (χ1v) is 5.49. The van der Waals surface area contributed by atoms with Crippen molar-refractivity contribution in [3.63, 3.8) is 0 Å². The third kappa shape index (κ3) is 2.88. The Morgan fingerprint density at radius 1 is 1.29 bits per heavy atom. The molecule has 1 aliphatic rings. The van der Waals surface area contributed by atoms with Crippen molar-refractivity contribution in [1.82, 2.24) is 0 Å². The molecule has 0 aromatic rings. The summed E-state index contributed by atoms with van der Waals surface area (Å²) in [5.74, 6) is 0. The zero-order chi connectivity index (χ0) is 13.2. The maximum absolute atomic E-state index is 9.94. The Morgan fingerprint density at radius 2 is 1.88 bits per heavy atom. The van der Waals surface area contributed by atoms with E-state index in [0.29, 0.717) is 0 Å². The first kappa shape index (κ1) is 14.2. The molecule has 17 heavy (non-hydrogen) atoms. The molecule has 1 saturated heterocycles. The molecule has 1 aliphatic heterocycles. The zero-order valence-electron chi connectivity index (χ0n) is 10.2. The quantitative estimate of drug-likeness (QED) is 0.365. The predicted molar refractivity (Wildman–Crippen MR) is 60.1 cm³/mol. The molecule has 0 aromatic heterocycles. The SMILES string of the molecule is CC(C)(C)C1OC(CO)C(N=[N+]=[N-])C(O)C1O. The lowest BCUT2D eigenvalue weighted by Crippen LogP contribution is -2.60. The molecule has 5 atom stereocenters. The van der Waals surface area contributed by atoms with Gasteiger partial charge in [-0.25, -0.2) is 0 Å². The molecule has 0 radical (unpaired) electrons. The van der Waals surface area contributed by atoms with Gasteiger partial charge in [0.1, 0.15) is 6.10 Å². The molecule has 0 saturated carbocycles. The van der Waals surface area contributed by atoms with Crippen molar-refractivity contribution >= 4 is 0 Å². The van der Waals surface area contributed by atoms with Crippen LogP contribution in [-0.4, -0.2) is 52.4 Å². The summed E-state index contributed by atoms with van der Waals surface area (Å²) >= 11 is 0. The molecule has 98 valence electrons. The van der Waals surface area contributed by atoms with E-state index in [9.17, 15) is 15.3 Å². The highest BCUT2D eigenvalue weighted by Gasteiger charge is 2.47. The van der Waals surface area contributed by atoms with E-state index in [2.05, 4.69) is 10.0 Å². The number of aliphatic hydroxyl groups is 3. The van der Waals surface area contributed by atoms with Gasteiger partial charge in [-0.2, -0.15) is 0 Å². The van der Waals surface area contributed by atoms with Crippen molar-refractivity contribution in [2.45, 2.75) is 51.2 Å². The number of ether oxygens (including phenoxy) is 1. The van der Waals surface area contributed by atoms with Crippen LogP contribution in [-0.2, 0) is 4.74 Å². The average molecular weight is 245 g/mol. The van der Waals surface area contributed by atoms with E-state index in [1.165, 1.54) is 0 Å². The summed E-state index contributed by atoms with van der Waals surface area (Å²) in [5.41, 5.74) is 8.00. The minimum atomic E-state index is -1.24. The molecule has 1 fully saturated rings. The Bertz CT molecular complexity index is 309. The smallest absolute Gasteiger partial charge is 0.107 e. The second-order valence-corrected chi connectivity index (χ2v) is 5.32. The minimum Gasteiger partial charge on any atom is -0.394 e. The number of hydrogen-bond acceptors (Lipinski definition) is 5. The van der Waals surface area contributed by atoms with Crippen LogP contribution in [0.2, 0.25) is 0 Å². The van der Waals surface area contributed by atoms with Crippen molar-refractivity contribution in [3.05, 3.63) is 10.4 Å². The highest BCUT2D eigenvalue weighted by atomic mass is 16.5. The standard InChI is InChI=1S/C10H19N3O4/c1-10(2,3)9-8(16)7(15)6(12-13-11)5(4-14)17-9/h5-9,14-16H,4H2,1-3H3. The second kappa shape index (κ2) is 5.20. The van der Waals surface area contributed by atoms with Crippen molar-refractivity contribution in [1.29, 1.82) is 0 Å². The lowest BCUT2D eigenvalue weighted by molar-refractivity contribution is -0.214. The fourth-order valence-electron chi connectivity index (χ4n) is 2.02. The van der Waals surface area contributed by atoms with Crippen molar-refractivity contribution in [3.8, 4) is 0 Å². The summed E-state index contributed by atoms with van der Waals surface area (Å²) in [6, 6.07) is -0.974. The van der Waals surface area contributed by atoms with Crippen LogP contribution in [0.15, 0.2) is 5.11 Å². The Labute approximate surface area is 99.6 Å². The average Bonchev–Trinajstić information content (AvgIpc) is 2.23. The third-order valence-electron chi connectivity index (χ3n) is 2.93. The summed E-state index contributed by atoms with van der Waals surface area (Å²) in [5, 5.41) is 32.4. The van der Waals surface area contributed by atoms with Crippen LogP contribution >= 0.6 is 0 Å². The summed E-state index contributed by atoms with van der Waals surface area (Å²) < 4.78 is 5.52. The van der Waals surface area contributed by atoms with Crippen molar-refractivity contribution in [2.75, 3.05) is 6.61 Å². The number of rotatable bonds is 2. The summed E-state index contributed by atoms with van der Waals surface area (Å²) in [6.07, 6.45) is -3.80. The third-order valence-corrected chi connectivity index (χ3v) is 2.93. The first-order valence-electron chi connectivity index (χ1n) is 5.49. The molecule has 0 amide bonds. The van der Waals surface area contributed by atoms with Crippen LogP contribution in [0.1, 0.15) is 20.8 Å². The Hall–Kier alpha value is -0.850. The normalized spacial score (nSPS) is 38.6. The summed E-state index contributed by atoms with van der Waals surface area (Å²) in [6.45, 7) is 5.20. The van der Waals surface area contributed by atoms with Gasteiger partial charge in [-0.3, -0.25) is 0 Å². The van der Waals surface area contributed by atoms with Gasteiger partial charge >= 0.3 is 0 Å². The van der Waals surface area contributed by atoms with E-state index in [0.717, 1.165) is 0 Å². The minimum absolute atomic E-state index is 0.375. The van der Waals surface area contributed by atoms with Crippen LogP contribution in [0.3, 0.4) is 0 Å². The summed E-state index contributed by atoms with van der Waals surface area (Å²) in [4.78, 5) is 2.59. The van der Waals surface area contributed by atoms with Gasteiger partial charge in [-0.05, 0) is 10.9 Å². The fraction of sp³-hybridized carbons (Fsp3) is 1.00. The number of nitrogens with zero attached hydrogens (tertiary/aromatic N) is 3. The number of hydrogen-bond donors (Lipinski definition) is 3. The van der Waals surface area contributed by atoms with E-state index in [-0.39, 0.29) is 6.61 Å². The summed E-state index contributed by atoms with van der Waals surface area (Å²) in [7, 11) is 0. The highest BCUT2D eigenvalue weighted by Crippen LogP contribution is 2.33. The highest BCUT2D eigenvalue weighted by molar-refractivity contribution is 4.99. The van der Waals surface area contributed by atoms with E-state index in [1.807, 2.05) is 20.8 Å². The van der Waals surface area contributed by atoms with E-state index >= 15 is 0 Å². The maximum atomic E-state index is 9.94. The van der Waals surface area contributed by atoms with Crippen molar-refractivity contribution in [2.24, 2.45) is 10.5 Å². The van der Waals surface area contributed by atoms with Gasteiger partial charge in [0.2, 0.25) is 0 Å². The Morgan fingerprint density at radius 3 is 2.29 bits per heavy atom. The predicted octanol–water partition coefficient (Wildman–Crippen LogP) is 0.193. The molecular weight excluding hydrogens is 226 g/mol. The number of aliphatic hydroxyl groups excluding tert-OH is 3. The maximum Gasteiger partial charge on any atom is 0.107 e. The van der Waals surface area contributed by atoms with Crippen LogP contribution < -0.4 is 0 Å². The molecule has 7 heteroatoms. The molecule has 0 bridgehead atoms. The molecule has 0 aliphatic carbocycles. The largest absolute Gasteiger partial charge is 0.394 e. The van der Waals surface area contributed by atoms with E-state index < -0.39 is 35.9 Å². The van der Waals surface area contributed by atoms with Gasteiger partial charge in [0.15, 0.2) is 0 Å². The zero-order valence-corrected chi connectivity index (χ0v) is 10.2. The first-order chi connectivity index (χ1) is 7.82. The Balaban J connectivity index is 2.97. The van der Waals surface area contributed by atoms with Gasteiger partial charge in [0, 0.05) is 4.91 Å². The van der Waals surface area contributed by atoms with Crippen molar-refractivity contribution < 1.29 is 20.1 Å². The molecule has 5 unspecified atom stereocenters. The molecule has 0 aromatic carbocycles. The molecule has 3 N–H and O–H groups in total. The van der Waals surface area contributed by atoms with Gasteiger partial charge in [0.05, 0.1) is 31.0 Å². The van der Waals surface area contributed by atoms with Crippen LogP contribution in [0.5, 0.6) is 0 Å². The van der Waals surface area contributed by atoms with Gasteiger partial charge in [-0.15, -0.1) is 0 Å². The Kier molecular flexibility index (Phi) is 4.35. The van der Waals surface area contributed by atoms with Gasteiger partial charge in [0.25, 0.3) is 0 Å². The van der Waals surface area contributed by atoms with Gasteiger partial charge in [-0.1, -0.05) is 25.9 Å². The molecule has 7 nitrogen and oxygen atoms in total. The monoisotopic (exact) mass is 245 g/mol. The number of azide groups is 1.